The molecule has 0 fully saturated rings. The number of aryl methyl sites for hydroxylation is 1. The summed E-state index contributed by atoms with van der Waals surface area (Å²) in [5, 5.41) is 3.63. The average molecular weight is 394 g/mol. The third-order valence-corrected chi connectivity index (χ3v) is 5.66. The number of hydrogen-bond acceptors (Lipinski definition) is 5. The van der Waals surface area contributed by atoms with Crippen molar-refractivity contribution in [1.82, 2.24) is 19.5 Å². The van der Waals surface area contributed by atoms with Crippen LogP contribution in [0.25, 0.3) is 21.9 Å². The second-order valence-corrected chi connectivity index (χ2v) is 7.39. The third kappa shape index (κ3) is 3.32. The SMILES string of the molecule is C#CCCCn1c(Sc2ccc(Cl)c3ccccc23)nc2c(N)ncnc21. The quantitative estimate of drug-likeness (QED) is 0.390. The van der Waals surface area contributed by atoms with Gasteiger partial charge in [-0.05, 0) is 23.9 Å². The minimum atomic E-state index is 0.374. The topological polar surface area (TPSA) is 69.6 Å². The van der Waals surface area contributed by atoms with Gasteiger partial charge in [-0.25, -0.2) is 15.0 Å². The fraction of sp³-hybridized carbons (Fsp3) is 0.150. The Balaban J connectivity index is 1.82. The van der Waals surface area contributed by atoms with Gasteiger partial charge in [0.2, 0.25) is 0 Å². The Kier molecular flexibility index (Phi) is 4.88. The summed E-state index contributed by atoms with van der Waals surface area (Å²) in [4.78, 5) is 14.2. The van der Waals surface area contributed by atoms with Crippen molar-refractivity contribution >= 4 is 51.1 Å². The molecular weight excluding hydrogens is 378 g/mol. The Labute approximate surface area is 166 Å². The Hall–Kier alpha value is -2.75. The first-order valence-corrected chi connectivity index (χ1v) is 9.63. The van der Waals surface area contributed by atoms with E-state index in [-0.39, 0.29) is 0 Å². The van der Waals surface area contributed by atoms with Crippen LogP contribution < -0.4 is 5.73 Å². The van der Waals surface area contributed by atoms with Crippen LogP contribution in [0.15, 0.2) is 52.8 Å². The summed E-state index contributed by atoms with van der Waals surface area (Å²) in [6.45, 7) is 0.713. The molecular formula is C20H16ClN5S. The minimum absolute atomic E-state index is 0.374. The highest BCUT2D eigenvalue weighted by Crippen LogP contribution is 2.37. The minimum Gasteiger partial charge on any atom is -0.382 e. The van der Waals surface area contributed by atoms with Gasteiger partial charge in [0.1, 0.15) is 6.33 Å². The van der Waals surface area contributed by atoms with E-state index in [1.54, 1.807) is 11.8 Å². The molecule has 2 aromatic carbocycles. The van der Waals surface area contributed by atoms with Crippen molar-refractivity contribution in [3.05, 3.63) is 47.7 Å². The number of nitrogens with two attached hydrogens (primary N) is 1. The highest BCUT2D eigenvalue weighted by atomic mass is 35.5. The summed E-state index contributed by atoms with van der Waals surface area (Å²) in [6.07, 6.45) is 8.39. The number of nitrogens with zero attached hydrogens (tertiary/aromatic N) is 4. The van der Waals surface area contributed by atoms with E-state index in [9.17, 15) is 0 Å². The van der Waals surface area contributed by atoms with Gasteiger partial charge >= 0.3 is 0 Å². The summed E-state index contributed by atoms with van der Waals surface area (Å²) in [5.41, 5.74) is 7.34. The first kappa shape index (κ1) is 17.7. The van der Waals surface area contributed by atoms with Crippen LogP contribution in [0.3, 0.4) is 0 Å². The zero-order valence-corrected chi connectivity index (χ0v) is 16.0. The van der Waals surface area contributed by atoms with Crippen LogP contribution in [-0.2, 0) is 6.54 Å². The van der Waals surface area contributed by atoms with Gasteiger partial charge in [0.15, 0.2) is 22.1 Å². The molecule has 7 heteroatoms. The highest BCUT2D eigenvalue weighted by molar-refractivity contribution is 7.99. The predicted octanol–water partition coefficient (Wildman–Crippen LogP) is 4.78. The normalized spacial score (nSPS) is 11.1. The standard InChI is InChI=1S/C20H16ClN5S/c1-2-3-6-11-26-19-17(18(22)23-12-24-19)25-20(26)27-16-10-9-15(21)13-7-4-5-8-14(13)16/h1,4-5,7-10,12H,3,6,11H2,(H2,22,23,24). The summed E-state index contributed by atoms with van der Waals surface area (Å²) in [5.74, 6) is 3.05. The molecule has 27 heavy (non-hydrogen) atoms. The summed E-state index contributed by atoms with van der Waals surface area (Å²) in [7, 11) is 0. The lowest BCUT2D eigenvalue weighted by molar-refractivity contribution is 0.615. The number of rotatable bonds is 5. The van der Waals surface area contributed by atoms with Crippen molar-refractivity contribution in [2.24, 2.45) is 0 Å². The summed E-state index contributed by atoms with van der Waals surface area (Å²) >= 11 is 7.91. The lowest BCUT2D eigenvalue weighted by Gasteiger charge is -2.10. The number of aromatic nitrogens is 4. The number of fused-ring (bicyclic) bond motifs is 2. The van der Waals surface area contributed by atoms with Crippen LogP contribution in [0.2, 0.25) is 5.02 Å². The molecule has 5 nitrogen and oxygen atoms in total. The Morgan fingerprint density at radius 2 is 1.96 bits per heavy atom. The van der Waals surface area contributed by atoms with Crippen LogP contribution >= 0.6 is 23.4 Å². The number of imidazole rings is 1. The number of hydrogen-bond donors (Lipinski definition) is 1. The van der Waals surface area contributed by atoms with Crippen LogP contribution in [-0.4, -0.2) is 19.5 Å². The first-order valence-electron chi connectivity index (χ1n) is 8.44. The van der Waals surface area contributed by atoms with E-state index in [4.69, 9.17) is 28.7 Å². The van der Waals surface area contributed by atoms with Crippen molar-refractivity contribution in [2.75, 3.05) is 5.73 Å². The van der Waals surface area contributed by atoms with E-state index < -0.39 is 0 Å². The zero-order chi connectivity index (χ0) is 18.8. The van der Waals surface area contributed by atoms with E-state index in [0.29, 0.717) is 24.3 Å². The zero-order valence-electron chi connectivity index (χ0n) is 14.4. The van der Waals surface area contributed by atoms with E-state index in [1.165, 1.54) is 6.33 Å². The molecule has 0 aliphatic carbocycles. The molecule has 4 aromatic rings. The number of terminal acetylenes is 1. The molecule has 0 atom stereocenters. The molecule has 134 valence electrons. The van der Waals surface area contributed by atoms with Crippen molar-refractivity contribution in [1.29, 1.82) is 0 Å². The molecule has 0 saturated heterocycles. The smallest absolute Gasteiger partial charge is 0.175 e. The van der Waals surface area contributed by atoms with Gasteiger partial charge in [-0.15, -0.1) is 12.3 Å². The van der Waals surface area contributed by atoms with Gasteiger partial charge in [-0.1, -0.05) is 47.6 Å². The predicted molar refractivity (Wildman–Crippen MR) is 111 cm³/mol. The van der Waals surface area contributed by atoms with Crippen molar-refractivity contribution < 1.29 is 0 Å². The number of anilines is 1. The molecule has 0 spiro atoms. The highest BCUT2D eigenvalue weighted by Gasteiger charge is 2.17. The Morgan fingerprint density at radius 3 is 2.78 bits per heavy atom. The number of unbranched alkanes of at least 4 members (excludes halogenated alkanes) is 1. The van der Waals surface area contributed by atoms with Gasteiger partial charge in [-0.2, -0.15) is 0 Å². The number of nitrogen functional groups attached to an aromatic ring is 1. The van der Waals surface area contributed by atoms with Crippen molar-refractivity contribution in [2.45, 2.75) is 29.4 Å². The molecule has 0 bridgehead atoms. The van der Waals surface area contributed by atoms with E-state index in [0.717, 1.165) is 37.9 Å². The molecule has 4 rings (SSSR count). The molecule has 0 unspecified atom stereocenters. The molecule has 0 saturated carbocycles. The molecule has 0 aliphatic heterocycles. The lowest BCUT2D eigenvalue weighted by Crippen LogP contribution is -2.01. The van der Waals surface area contributed by atoms with E-state index >= 15 is 0 Å². The maximum Gasteiger partial charge on any atom is 0.175 e. The van der Waals surface area contributed by atoms with Gasteiger partial charge in [-0.3, -0.25) is 0 Å². The average Bonchev–Trinajstić information content (AvgIpc) is 3.03. The molecule has 0 radical (unpaired) electrons. The van der Waals surface area contributed by atoms with Crippen molar-refractivity contribution in [3.63, 3.8) is 0 Å². The first-order chi connectivity index (χ1) is 13.2. The molecule has 2 aromatic heterocycles. The molecule has 0 aliphatic rings. The number of benzene rings is 2. The monoisotopic (exact) mass is 393 g/mol. The second kappa shape index (κ2) is 7.47. The van der Waals surface area contributed by atoms with Crippen LogP contribution in [0.5, 0.6) is 0 Å². The van der Waals surface area contributed by atoms with Gasteiger partial charge in [0.05, 0.1) is 0 Å². The van der Waals surface area contributed by atoms with Crippen molar-refractivity contribution in [3.8, 4) is 12.3 Å². The maximum atomic E-state index is 6.35. The summed E-state index contributed by atoms with van der Waals surface area (Å²) in [6, 6.07) is 12.0. The van der Waals surface area contributed by atoms with Gasteiger partial charge in [0.25, 0.3) is 0 Å². The Bertz CT molecular complexity index is 1180. The molecule has 2 N–H and O–H groups in total. The second-order valence-electron chi connectivity index (χ2n) is 5.98. The fourth-order valence-electron chi connectivity index (χ4n) is 2.97. The van der Waals surface area contributed by atoms with Gasteiger partial charge in [0, 0.05) is 28.3 Å². The van der Waals surface area contributed by atoms with E-state index in [2.05, 4.69) is 26.5 Å². The number of halogens is 1. The van der Waals surface area contributed by atoms with Crippen LogP contribution in [0.1, 0.15) is 12.8 Å². The largest absolute Gasteiger partial charge is 0.382 e. The Morgan fingerprint density at radius 1 is 1.15 bits per heavy atom. The lowest BCUT2D eigenvalue weighted by atomic mass is 10.1. The van der Waals surface area contributed by atoms with Crippen LogP contribution in [0, 0.1) is 12.3 Å². The summed E-state index contributed by atoms with van der Waals surface area (Å²) < 4.78 is 2.05. The maximum absolute atomic E-state index is 6.35. The van der Waals surface area contributed by atoms with Gasteiger partial charge < -0.3 is 10.3 Å². The fourth-order valence-corrected chi connectivity index (χ4v) is 4.25. The molecule has 2 heterocycles. The third-order valence-electron chi connectivity index (χ3n) is 4.26. The molecule has 0 amide bonds. The van der Waals surface area contributed by atoms with Crippen LogP contribution in [0.4, 0.5) is 5.82 Å². The van der Waals surface area contributed by atoms with E-state index in [1.807, 2.05) is 30.3 Å².